The second-order valence-electron chi connectivity index (χ2n) is 15.3. The molecule has 10 heteroatoms. The average Bonchev–Trinajstić information content (AvgIpc) is 3.32. The Balaban J connectivity index is 1.21. The van der Waals surface area contributed by atoms with Gasteiger partial charge in [-0.05, 0) is 80.5 Å². The van der Waals surface area contributed by atoms with Crippen LogP contribution in [0, 0.1) is 34.8 Å². The van der Waals surface area contributed by atoms with Crippen molar-refractivity contribution in [1.29, 1.82) is 0 Å². The Morgan fingerprint density at radius 1 is 1.06 bits per heavy atom. The van der Waals surface area contributed by atoms with Crippen molar-refractivity contribution in [2.45, 2.75) is 77.3 Å². The van der Waals surface area contributed by atoms with E-state index >= 15 is 4.39 Å². The van der Waals surface area contributed by atoms with Gasteiger partial charge in [-0.2, -0.15) is 9.97 Å². The second kappa shape index (κ2) is 12.4. The number of piperidine rings is 1. The number of pyridine rings is 1. The summed E-state index contributed by atoms with van der Waals surface area (Å²) in [5.41, 5.74) is 0.529. The first-order valence-electron chi connectivity index (χ1n) is 17.7. The predicted octanol–water partition coefficient (Wildman–Crippen LogP) is 7.24. The maximum absolute atomic E-state index is 16.9. The largest absolute Gasteiger partial charge is 0.508 e. The number of ether oxygens (including phenoxy) is 2. The Labute approximate surface area is 285 Å². The molecule has 2 aromatic carbocycles. The number of hydrogen-bond acceptors (Lipinski definition) is 8. The molecule has 2 aliphatic carbocycles. The minimum absolute atomic E-state index is 0.00499. The Bertz CT molecular complexity index is 1960. The summed E-state index contributed by atoms with van der Waals surface area (Å²) in [6.45, 7) is 8.74. The number of rotatable bonds is 6. The molecule has 0 bridgehead atoms. The van der Waals surface area contributed by atoms with Crippen LogP contribution >= 0.6 is 0 Å². The molecule has 0 unspecified atom stereocenters. The second-order valence-corrected chi connectivity index (χ2v) is 15.3. The zero-order valence-electron chi connectivity index (χ0n) is 28.3. The molecular formula is C39H43F2N5O3. The van der Waals surface area contributed by atoms with Crippen molar-refractivity contribution in [3.63, 3.8) is 0 Å². The molecule has 4 aromatic rings. The quantitative estimate of drug-likeness (QED) is 0.216. The lowest BCUT2D eigenvalue weighted by atomic mass is 9.65. The fraction of sp³-hybridized carbons (Fsp3) is 0.513. The van der Waals surface area contributed by atoms with E-state index < -0.39 is 11.6 Å². The van der Waals surface area contributed by atoms with Crippen molar-refractivity contribution in [3.8, 4) is 35.4 Å². The lowest BCUT2D eigenvalue weighted by molar-refractivity contribution is -0.0709. The molecule has 2 saturated heterocycles. The minimum Gasteiger partial charge on any atom is -0.508 e. The number of benzene rings is 2. The summed E-state index contributed by atoms with van der Waals surface area (Å²) < 4.78 is 44.1. The monoisotopic (exact) mass is 667 g/mol. The highest BCUT2D eigenvalue weighted by Crippen LogP contribution is 2.53. The van der Waals surface area contributed by atoms with Gasteiger partial charge in [-0.3, -0.25) is 9.88 Å². The van der Waals surface area contributed by atoms with E-state index in [1.54, 1.807) is 6.20 Å². The van der Waals surface area contributed by atoms with E-state index in [0.29, 0.717) is 72.4 Å². The molecule has 0 spiro atoms. The van der Waals surface area contributed by atoms with E-state index in [9.17, 15) is 9.50 Å². The van der Waals surface area contributed by atoms with Crippen LogP contribution in [0.2, 0.25) is 0 Å². The highest BCUT2D eigenvalue weighted by atomic mass is 19.1. The third kappa shape index (κ3) is 5.65. The topological polar surface area (TPSA) is 83.8 Å². The predicted molar refractivity (Wildman–Crippen MR) is 186 cm³/mol. The van der Waals surface area contributed by atoms with Crippen molar-refractivity contribution in [1.82, 2.24) is 19.9 Å². The number of aromatic nitrogens is 3. The SMILES string of the molecule is C#Cc1c(F)ccc2cc(O)cc(-c3ncc4c(N5CCCOCC5)nc(OC[C@]56CCC[C@H]5N(C5CC(C)(C)C5)CCC6)nc4c3F)c12. The molecule has 8 nitrogen and oxygen atoms in total. The summed E-state index contributed by atoms with van der Waals surface area (Å²) >= 11 is 0. The lowest BCUT2D eigenvalue weighted by Gasteiger charge is -2.55. The molecule has 256 valence electrons. The van der Waals surface area contributed by atoms with Crippen LogP contribution in [0.5, 0.6) is 11.8 Å². The molecule has 0 amide bonds. The van der Waals surface area contributed by atoms with E-state index in [1.165, 1.54) is 49.9 Å². The van der Waals surface area contributed by atoms with Crippen LogP contribution in [0.15, 0.2) is 30.5 Å². The van der Waals surface area contributed by atoms with E-state index in [-0.39, 0.29) is 39.5 Å². The highest BCUT2D eigenvalue weighted by molar-refractivity contribution is 6.03. The number of phenols is 1. The van der Waals surface area contributed by atoms with E-state index in [0.717, 1.165) is 32.2 Å². The Hall–Kier alpha value is -4.07. The van der Waals surface area contributed by atoms with Gasteiger partial charge >= 0.3 is 6.01 Å². The maximum Gasteiger partial charge on any atom is 0.319 e. The number of halogens is 2. The minimum atomic E-state index is -0.718. The highest BCUT2D eigenvalue weighted by Gasteiger charge is 2.52. The van der Waals surface area contributed by atoms with Gasteiger partial charge in [0, 0.05) is 54.3 Å². The summed E-state index contributed by atoms with van der Waals surface area (Å²) in [4.78, 5) is 19.0. The Morgan fingerprint density at radius 2 is 1.90 bits per heavy atom. The van der Waals surface area contributed by atoms with Crippen LogP contribution in [0.25, 0.3) is 32.9 Å². The third-order valence-corrected chi connectivity index (χ3v) is 11.5. The number of terminal acetylenes is 1. The summed E-state index contributed by atoms with van der Waals surface area (Å²) in [6.07, 6.45) is 16.2. The van der Waals surface area contributed by atoms with Crippen molar-refractivity contribution < 1.29 is 23.4 Å². The number of anilines is 1. The van der Waals surface area contributed by atoms with Crippen molar-refractivity contribution in [2.75, 3.05) is 44.4 Å². The van der Waals surface area contributed by atoms with Gasteiger partial charge in [0.15, 0.2) is 5.82 Å². The van der Waals surface area contributed by atoms with E-state index in [4.69, 9.17) is 25.9 Å². The van der Waals surface area contributed by atoms with Gasteiger partial charge in [-0.1, -0.05) is 32.3 Å². The van der Waals surface area contributed by atoms with Crippen LogP contribution in [-0.4, -0.2) is 76.5 Å². The smallest absolute Gasteiger partial charge is 0.319 e. The molecule has 0 radical (unpaired) electrons. The van der Waals surface area contributed by atoms with Gasteiger partial charge in [-0.15, -0.1) is 6.42 Å². The fourth-order valence-electron chi connectivity index (χ4n) is 9.26. The molecule has 4 fully saturated rings. The van der Waals surface area contributed by atoms with Crippen molar-refractivity contribution >= 4 is 27.5 Å². The zero-order chi connectivity index (χ0) is 33.9. The summed E-state index contributed by atoms with van der Waals surface area (Å²) in [5.74, 6) is 1.50. The van der Waals surface area contributed by atoms with Crippen LogP contribution in [0.4, 0.5) is 14.6 Å². The van der Waals surface area contributed by atoms with Gasteiger partial charge in [0.25, 0.3) is 0 Å². The van der Waals surface area contributed by atoms with Gasteiger partial charge in [0.05, 0.1) is 24.2 Å². The summed E-state index contributed by atoms with van der Waals surface area (Å²) in [7, 11) is 0. The normalized spacial score (nSPS) is 24.4. The van der Waals surface area contributed by atoms with Crippen LogP contribution in [-0.2, 0) is 4.74 Å². The molecule has 2 aromatic heterocycles. The van der Waals surface area contributed by atoms with E-state index in [2.05, 4.69) is 34.6 Å². The van der Waals surface area contributed by atoms with Crippen LogP contribution < -0.4 is 9.64 Å². The molecule has 2 atom stereocenters. The van der Waals surface area contributed by atoms with Gasteiger partial charge in [0.2, 0.25) is 0 Å². The van der Waals surface area contributed by atoms with Gasteiger partial charge in [-0.25, -0.2) is 8.78 Å². The Morgan fingerprint density at radius 3 is 2.71 bits per heavy atom. The summed E-state index contributed by atoms with van der Waals surface area (Å²) in [5, 5.41) is 11.8. The average molecular weight is 668 g/mol. The Kier molecular flexibility index (Phi) is 8.11. The number of hydrogen-bond donors (Lipinski definition) is 1. The fourth-order valence-corrected chi connectivity index (χ4v) is 9.26. The standard InChI is InChI=1S/C39H43F2N5O3/c1-4-27-30(40)10-9-24-18-26(47)19-28(32(24)27)34-33(41)35-29(22-42-34)36(45-13-7-16-48-17-15-45)44-37(43-35)49-23-39-11-5-8-31(39)46(14-6-12-39)25-20-38(2,3)21-25/h1,9-10,18-19,22,25,31,47H,5-8,11-17,20-21,23H2,2-3H3/t31-,39-/m1/s1. The van der Waals surface area contributed by atoms with Crippen molar-refractivity contribution in [3.05, 3.63) is 47.7 Å². The van der Waals surface area contributed by atoms with Crippen molar-refractivity contribution in [2.24, 2.45) is 10.8 Å². The number of nitrogens with zero attached hydrogens (tertiary/aromatic N) is 5. The molecule has 2 aliphatic heterocycles. The van der Waals surface area contributed by atoms with E-state index in [1.807, 2.05) is 0 Å². The number of likely N-dealkylation sites (tertiary alicyclic amines) is 1. The zero-order valence-corrected chi connectivity index (χ0v) is 28.3. The maximum atomic E-state index is 16.9. The molecule has 8 rings (SSSR count). The molecular weight excluding hydrogens is 624 g/mol. The number of phenolic OH excluding ortho intramolecular Hbond substituents is 1. The molecule has 4 aliphatic rings. The number of aromatic hydroxyl groups is 1. The van der Waals surface area contributed by atoms with Gasteiger partial charge < -0.3 is 19.5 Å². The summed E-state index contributed by atoms with van der Waals surface area (Å²) in [6, 6.07) is 6.80. The van der Waals surface area contributed by atoms with Crippen LogP contribution in [0.3, 0.4) is 0 Å². The number of fused-ring (bicyclic) bond motifs is 3. The van der Waals surface area contributed by atoms with Crippen LogP contribution in [0.1, 0.15) is 70.8 Å². The molecule has 2 saturated carbocycles. The first kappa shape index (κ1) is 32.2. The molecule has 49 heavy (non-hydrogen) atoms. The van der Waals surface area contributed by atoms with Gasteiger partial charge in [0.1, 0.15) is 28.6 Å². The first-order valence-corrected chi connectivity index (χ1v) is 17.7. The lowest BCUT2D eigenvalue weighted by Crippen LogP contribution is -2.59. The third-order valence-electron chi connectivity index (χ3n) is 11.5. The first-order chi connectivity index (χ1) is 23.7. The molecule has 1 N–H and O–H groups in total. The molecule has 4 heterocycles.